The van der Waals surface area contributed by atoms with Gasteiger partial charge in [0.2, 0.25) is 0 Å². The third-order valence-electron chi connectivity index (χ3n) is 4.23. The zero-order valence-electron chi connectivity index (χ0n) is 15.5. The Morgan fingerprint density at radius 2 is 1.72 bits per heavy atom. The summed E-state index contributed by atoms with van der Waals surface area (Å²) >= 11 is 0. The molecule has 3 N–H and O–H groups in total. The van der Waals surface area contributed by atoms with Gasteiger partial charge in [0.1, 0.15) is 5.76 Å². The number of aryl methyl sites for hydroxylation is 4. The summed E-state index contributed by atoms with van der Waals surface area (Å²) in [5, 5.41) is 19.7. The molecular weight excluding hydrogens is 318 g/mol. The average molecular weight is 345 g/mol. The minimum atomic E-state index is -0.732. The van der Waals surface area contributed by atoms with Crippen LogP contribution in [0.15, 0.2) is 22.7 Å². The molecule has 2 atom stereocenters. The molecule has 0 aliphatic heterocycles. The Bertz CT molecular complexity index is 700. The lowest BCUT2D eigenvalue weighted by molar-refractivity contribution is 0.173. The van der Waals surface area contributed by atoms with Gasteiger partial charge in [-0.25, -0.2) is 4.79 Å². The predicted molar refractivity (Wildman–Crippen MR) is 96.7 cm³/mol. The van der Waals surface area contributed by atoms with Crippen molar-refractivity contribution in [3.63, 3.8) is 0 Å². The molecule has 25 heavy (non-hydrogen) atoms. The van der Waals surface area contributed by atoms with Gasteiger partial charge in [-0.1, -0.05) is 41.4 Å². The lowest BCUT2D eigenvalue weighted by atomic mass is 10.00. The van der Waals surface area contributed by atoms with Crippen LogP contribution in [0.2, 0.25) is 0 Å². The van der Waals surface area contributed by atoms with Crippen molar-refractivity contribution >= 4 is 6.03 Å². The standard InChI is InChI=1S/C19H27N3O3/c1-11-6-12(2)8-16(7-11)17(23)10-21-19(24)20-9-13(3)18-14(4)22-25-15(18)5/h6-8,13,17,23H,9-10H2,1-5H3,(H2,20,21,24)/t13-,17-/m1/s1. The third-order valence-corrected chi connectivity index (χ3v) is 4.23. The van der Waals surface area contributed by atoms with E-state index in [0.29, 0.717) is 6.54 Å². The fourth-order valence-corrected chi connectivity index (χ4v) is 3.11. The Hall–Kier alpha value is -2.34. The number of aromatic nitrogens is 1. The summed E-state index contributed by atoms with van der Waals surface area (Å²) < 4.78 is 5.16. The van der Waals surface area contributed by atoms with Crippen LogP contribution >= 0.6 is 0 Å². The van der Waals surface area contributed by atoms with Crippen LogP contribution in [-0.4, -0.2) is 29.4 Å². The lowest BCUT2D eigenvalue weighted by Crippen LogP contribution is -2.39. The highest BCUT2D eigenvalue weighted by Crippen LogP contribution is 2.22. The highest BCUT2D eigenvalue weighted by atomic mass is 16.5. The van der Waals surface area contributed by atoms with Gasteiger partial charge in [0.25, 0.3) is 0 Å². The zero-order valence-corrected chi connectivity index (χ0v) is 15.5. The van der Waals surface area contributed by atoms with E-state index in [2.05, 4.69) is 15.8 Å². The summed E-state index contributed by atoms with van der Waals surface area (Å²) in [6.07, 6.45) is -0.732. The molecular formula is C19H27N3O3. The molecule has 0 unspecified atom stereocenters. The second-order valence-electron chi connectivity index (χ2n) is 6.67. The lowest BCUT2D eigenvalue weighted by Gasteiger charge is -2.16. The van der Waals surface area contributed by atoms with E-state index in [0.717, 1.165) is 33.7 Å². The van der Waals surface area contributed by atoms with Crippen LogP contribution in [0.5, 0.6) is 0 Å². The van der Waals surface area contributed by atoms with Crippen molar-refractivity contribution in [1.29, 1.82) is 0 Å². The SMILES string of the molecule is Cc1cc(C)cc([C@H](O)CNC(=O)NC[C@@H](C)c2c(C)noc2C)c1. The maximum absolute atomic E-state index is 12.0. The number of urea groups is 1. The number of carbonyl (C=O) groups excluding carboxylic acids is 1. The van der Waals surface area contributed by atoms with Crippen LogP contribution in [0.3, 0.4) is 0 Å². The van der Waals surface area contributed by atoms with Crippen LogP contribution in [-0.2, 0) is 0 Å². The fourth-order valence-electron chi connectivity index (χ4n) is 3.11. The largest absolute Gasteiger partial charge is 0.387 e. The van der Waals surface area contributed by atoms with Gasteiger partial charge < -0.3 is 20.3 Å². The van der Waals surface area contributed by atoms with Crippen LogP contribution in [0.1, 0.15) is 52.7 Å². The van der Waals surface area contributed by atoms with Crippen LogP contribution < -0.4 is 10.6 Å². The second kappa shape index (κ2) is 8.16. The van der Waals surface area contributed by atoms with Gasteiger partial charge in [-0.15, -0.1) is 0 Å². The molecule has 0 aliphatic carbocycles. The van der Waals surface area contributed by atoms with Crippen molar-refractivity contribution in [2.24, 2.45) is 0 Å². The Balaban J connectivity index is 1.82. The summed E-state index contributed by atoms with van der Waals surface area (Å²) in [6.45, 7) is 10.4. The van der Waals surface area contributed by atoms with E-state index < -0.39 is 6.10 Å². The number of benzene rings is 1. The first-order valence-corrected chi connectivity index (χ1v) is 8.48. The first kappa shape index (κ1) is 19.0. The average Bonchev–Trinajstić information content (AvgIpc) is 2.88. The molecule has 6 nitrogen and oxygen atoms in total. The number of aliphatic hydroxyl groups excluding tert-OH is 1. The van der Waals surface area contributed by atoms with Gasteiger partial charge >= 0.3 is 6.03 Å². The number of carbonyl (C=O) groups is 1. The van der Waals surface area contributed by atoms with Crippen LogP contribution in [0, 0.1) is 27.7 Å². The van der Waals surface area contributed by atoms with Gasteiger partial charge in [-0.3, -0.25) is 0 Å². The smallest absolute Gasteiger partial charge is 0.314 e. The Labute approximate surface area is 148 Å². The number of nitrogens with zero attached hydrogens (tertiary/aromatic N) is 1. The van der Waals surface area contributed by atoms with Crippen molar-refractivity contribution in [2.75, 3.05) is 13.1 Å². The molecule has 0 aliphatic rings. The Kier molecular flexibility index (Phi) is 6.20. The molecule has 1 aromatic heterocycles. The van der Waals surface area contributed by atoms with E-state index in [1.165, 1.54) is 0 Å². The monoisotopic (exact) mass is 345 g/mol. The molecule has 2 rings (SSSR count). The van der Waals surface area contributed by atoms with Crippen molar-refractivity contribution in [2.45, 2.75) is 46.6 Å². The highest BCUT2D eigenvalue weighted by molar-refractivity contribution is 5.73. The number of aliphatic hydroxyl groups is 1. The first-order valence-electron chi connectivity index (χ1n) is 8.48. The topological polar surface area (TPSA) is 87.4 Å². The molecule has 136 valence electrons. The van der Waals surface area contributed by atoms with Gasteiger partial charge in [0, 0.05) is 24.6 Å². The van der Waals surface area contributed by atoms with E-state index >= 15 is 0 Å². The normalized spacial score (nSPS) is 13.4. The number of rotatable bonds is 6. The maximum atomic E-state index is 12.0. The summed E-state index contributed by atoms with van der Waals surface area (Å²) in [4.78, 5) is 12.0. The maximum Gasteiger partial charge on any atom is 0.314 e. The summed E-state index contributed by atoms with van der Waals surface area (Å²) in [6, 6.07) is 5.60. The van der Waals surface area contributed by atoms with E-state index in [-0.39, 0.29) is 18.5 Å². The molecule has 1 heterocycles. The van der Waals surface area contributed by atoms with Crippen molar-refractivity contribution in [3.8, 4) is 0 Å². The molecule has 1 aromatic carbocycles. The van der Waals surface area contributed by atoms with Crippen LogP contribution in [0.25, 0.3) is 0 Å². The van der Waals surface area contributed by atoms with E-state index in [9.17, 15) is 9.90 Å². The summed E-state index contributed by atoms with van der Waals surface area (Å²) in [7, 11) is 0. The molecule has 0 saturated carbocycles. The molecule has 6 heteroatoms. The molecule has 0 saturated heterocycles. The third kappa shape index (κ3) is 5.06. The molecule has 0 spiro atoms. The van der Waals surface area contributed by atoms with E-state index in [4.69, 9.17) is 4.52 Å². The first-order chi connectivity index (χ1) is 11.8. The quantitative estimate of drug-likeness (QED) is 0.751. The molecule has 0 fully saturated rings. The minimum Gasteiger partial charge on any atom is -0.387 e. The van der Waals surface area contributed by atoms with Crippen LogP contribution in [0.4, 0.5) is 4.79 Å². The fraction of sp³-hybridized carbons (Fsp3) is 0.474. The zero-order chi connectivity index (χ0) is 18.6. The second-order valence-corrected chi connectivity index (χ2v) is 6.67. The van der Waals surface area contributed by atoms with E-state index in [1.807, 2.05) is 52.8 Å². The molecule has 0 radical (unpaired) electrons. The predicted octanol–water partition coefficient (Wildman–Crippen LogP) is 3.04. The number of amides is 2. The van der Waals surface area contributed by atoms with Crippen molar-refractivity contribution in [1.82, 2.24) is 15.8 Å². The van der Waals surface area contributed by atoms with Gasteiger partial charge in [0.05, 0.1) is 11.8 Å². The number of nitrogens with one attached hydrogen (secondary N) is 2. The molecule has 2 aromatic rings. The molecule has 0 bridgehead atoms. The van der Waals surface area contributed by atoms with Gasteiger partial charge in [-0.05, 0) is 33.3 Å². The highest BCUT2D eigenvalue weighted by Gasteiger charge is 2.17. The van der Waals surface area contributed by atoms with E-state index in [1.54, 1.807) is 0 Å². The number of hydrogen-bond donors (Lipinski definition) is 3. The van der Waals surface area contributed by atoms with Crippen molar-refractivity contribution < 1.29 is 14.4 Å². The van der Waals surface area contributed by atoms with Gasteiger partial charge in [-0.2, -0.15) is 0 Å². The number of hydrogen-bond acceptors (Lipinski definition) is 4. The summed E-state index contributed by atoms with van der Waals surface area (Å²) in [5.74, 6) is 0.874. The molecule has 2 amide bonds. The minimum absolute atomic E-state index is 0.0985. The Morgan fingerprint density at radius 3 is 2.28 bits per heavy atom. The summed E-state index contributed by atoms with van der Waals surface area (Å²) in [5.41, 5.74) is 4.86. The Morgan fingerprint density at radius 1 is 1.12 bits per heavy atom. The van der Waals surface area contributed by atoms with Gasteiger partial charge in [0.15, 0.2) is 0 Å². The van der Waals surface area contributed by atoms with Crippen molar-refractivity contribution in [3.05, 3.63) is 51.9 Å².